The summed E-state index contributed by atoms with van der Waals surface area (Å²) in [6, 6.07) is 19.1. The molecule has 262 valence electrons. The van der Waals surface area contributed by atoms with Crippen molar-refractivity contribution >= 4 is 19.9 Å². The van der Waals surface area contributed by atoms with Crippen molar-refractivity contribution in [2.45, 2.75) is 60.3 Å². The molecule has 3 aromatic carbocycles. The third kappa shape index (κ3) is 8.55. The number of piperidine rings is 1. The van der Waals surface area contributed by atoms with E-state index in [1.165, 1.54) is 23.5 Å². The van der Waals surface area contributed by atoms with Gasteiger partial charge < -0.3 is 35.1 Å². The summed E-state index contributed by atoms with van der Waals surface area (Å²) in [6.07, 6.45) is 0.930. The number of aliphatic hydroxyl groups excluding tert-OH is 1. The monoisotopic (exact) mass is 703 g/mol. The SMILES string of the molecule is CCOc1ccc(-c2ccc(CN)cc2)cc1S(=O)(=O)N1CCC2(CC1)CC(NCC(O)COc1cccc(S(=O)(=O)COC)c1)CO2. The Hall–Kier alpha value is -3.08. The minimum Gasteiger partial charge on any atom is -0.492 e. The van der Waals surface area contributed by atoms with Gasteiger partial charge in [0.15, 0.2) is 5.94 Å². The van der Waals surface area contributed by atoms with Crippen LogP contribution >= 0.6 is 0 Å². The summed E-state index contributed by atoms with van der Waals surface area (Å²) < 4.78 is 76.4. The number of nitrogens with two attached hydrogens (primary N) is 1. The first kappa shape index (κ1) is 36.2. The average molecular weight is 704 g/mol. The number of ether oxygens (including phenoxy) is 4. The third-order valence-electron chi connectivity index (χ3n) is 8.75. The number of hydrogen-bond acceptors (Lipinski definition) is 11. The van der Waals surface area contributed by atoms with Gasteiger partial charge in [-0.2, -0.15) is 4.31 Å². The Balaban J connectivity index is 1.14. The maximum Gasteiger partial charge on any atom is 0.246 e. The van der Waals surface area contributed by atoms with E-state index in [-0.39, 0.29) is 29.0 Å². The largest absolute Gasteiger partial charge is 0.492 e. The summed E-state index contributed by atoms with van der Waals surface area (Å²) in [7, 11) is -6.12. The molecule has 0 saturated carbocycles. The molecule has 2 aliphatic rings. The molecule has 0 aromatic heterocycles. The van der Waals surface area contributed by atoms with E-state index in [4.69, 9.17) is 24.7 Å². The molecule has 2 fully saturated rings. The van der Waals surface area contributed by atoms with Crippen molar-refractivity contribution in [1.29, 1.82) is 0 Å². The van der Waals surface area contributed by atoms with E-state index < -0.39 is 37.5 Å². The van der Waals surface area contributed by atoms with E-state index in [1.807, 2.05) is 37.3 Å². The number of benzene rings is 3. The highest BCUT2D eigenvalue weighted by molar-refractivity contribution is 7.91. The average Bonchev–Trinajstić information content (AvgIpc) is 3.48. The van der Waals surface area contributed by atoms with Crippen LogP contribution in [0.5, 0.6) is 11.5 Å². The second-order valence-electron chi connectivity index (χ2n) is 12.2. The van der Waals surface area contributed by atoms with E-state index in [1.54, 1.807) is 24.3 Å². The van der Waals surface area contributed by atoms with Crippen LogP contribution in [0.25, 0.3) is 11.1 Å². The maximum absolute atomic E-state index is 14.0. The smallest absolute Gasteiger partial charge is 0.246 e. The highest BCUT2D eigenvalue weighted by Crippen LogP contribution is 2.39. The first-order chi connectivity index (χ1) is 23.0. The van der Waals surface area contributed by atoms with Crippen molar-refractivity contribution in [3.63, 3.8) is 0 Å². The van der Waals surface area contributed by atoms with Crippen LogP contribution < -0.4 is 20.5 Å². The number of methoxy groups -OCH3 is 1. The number of rotatable bonds is 15. The Bertz CT molecular complexity index is 1740. The molecule has 14 heteroatoms. The van der Waals surface area contributed by atoms with Gasteiger partial charge in [-0.1, -0.05) is 36.4 Å². The van der Waals surface area contributed by atoms with Crippen LogP contribution in [0.2, 0.25) is 0 Å². The van der Waals surface area contributed by atoms with Crippen LogP contribution in [-0.4, -0.2) is 96.5 Å². The molecule has 12 nitrogen and oxygen atoms in total. The lowest BCUT2D eigenvalue weighted by atomic mass is 9.88. The second kappa shape index (κ2) is 15.6. The molecule has 0 radical (unpaired) electrons. The van der Waals surface area contributed by atoms with Gasteiger partial charge in [-0.15, -0.1) is 0 Å². The molecule has 4 N–H and O–H groups in total. The molecule has 0 amide bonds. The molecule has 1 spiro atoms. The van der Waals surface area contributed by atoms with Gasteiger partial charge >= 0.3 is 0 Å². The lowest BCUT2D eigenvalue weighted by Crippen LogP contribution is -2.47. The minimum absolute atomic E-state index is 0.0165. The van der Waals surface area contributed by atoms with Gasteiger partial charge in [-0.25, -0.2) is 16.8 Å². The Morgan fingerprint density at radius 1 is 1.02 bits per heavy atom. The summed E-state index contributed by atoms with van der Waals surface area (Å²) in [6.45, 7) is 3.88. The van der Waals surface area contributed by atoms with Crippen LogP contribution in [0.15, 0.2) is 76.5 Å². The number of sulfonamides is 1. The number of aliphatic hydroxyl groups is 1. The normalized spacial score (nSPS) is 19.0. The highest BCUT2D eigenvalue weighted by Gasteiger charge is 2.45. The quantitative estimate of drug-likeness (QED) is 0.213. The van der Waals surface area contributed by atoms with Gasteiger partial charge in [-0.3, -0.25) is 0 Å². The predicted octanol–water partition coefficient (Wildman–Crippen LogP) is 2.93. The molecule has 0 aliphatic carbocycles. The van der Waals surface area contributed by atoms with Crippen molar-refractivity contribution in [1.82, 2.24) is 9.62 Å². The van der Waals surface area contributed by atoms with Crippen LogP contribution in [0.3, 0.4) is 0 Å². The molecule has 2 heterocycles. The van der Waals surface area contributed by atoms with Gasteiger partial charge in [0.05, 0.1) is 23.7 Å². The lowest BCUT2D eigenvalue weighted by molar-refractivity contribution is -0.0312. The molecule has 5 rings (SSSR count). The zero-order chi connectivity index (χ0) is 34.4. The number of nitrogens with one attached hydrogen (secondary N) is 1. The summed E-state index contributed by atoms with van der Waals surface area (Å²) >= 11 is 0. The summed E-state index contributed by atoms with van der Waals surface area (Å²) in [5, 5.41) is 13.9. The van der Waals surface area contributed by atoms with Gasteiger partial charge in [0.25, 0.3) is 0 Å². The van der Waals surface area contributed by atoms with Gasteiger partial charge in [0.2, 0.25) is 19.9 Å². The van der Waals surface area contributed by atoms with Gasteiger partial charge in [0, 0.05) is 39.3 Å². The fourth-order valence-corrected chi connectivity index (χ4v) is 8.76. The molecule has 48 heavy (non-hydrogen) atoms. The standard InChI is InChI=1S/C34H45N3O9S2/c1-3-44-32-12-11-27(26-9-7-25(20-35)8-10-26)17-33(32)48(41,42)37-15-13-34(14-16-37)19-28(22-46-34)36-21-29(38)23-45-30-5-4-6-31(18-30)47(39,40)24-43-2/h4-12,17-18,28-29,36,38H,3,13-16,19-24,35H2,1-2H3. The fourth-order valence-electron chi connectivity index (χ4n) is 6.13. The van der Waals surface area contributed by atoms with Gasteiger partial charge in [0.1, 0.15) is 29.1 Å². The molecule has 2 unspecified atom stereocenters. The van der Waals surface area contributed by atoms with E-state index in [2.05, 4.69) is 5.32 Å². The van der Waals surface area contributed by atoms with E-state index in [0.717, 1.165) is 16.7 Å². The number of sulfone groups is 1. The van der Waals surface area contributed by atoms with Crippen LogP contribution in [0, 0.1) is 0 Å². The van der Waals surface area contributed by atoms with Crippen molar-refractivity contribution in [2.24, 2.45) is 5.73 Å². The van der Waals surface area contributed by atoms with Crippen molar-refractivity contribution in [3.8, 4) is 22.6 Å². The molecule has 2 aliphatic heterocycles. The van der Waals surface area contributed by atoms with Gasteiger partial charge in [-0.05, 0) is 73.2 Å². The number of hydrogen-bond donors (Lipinski definition) is 3. The second-order valence-corrected chi connectivity index (χ2v) is 16.0. The van der Waals surface area contributed by atoms with Crippen LogP contribution in [-0.2, 0) is 35.9 Å². The number of nitrogens with zero attached hydrogens (tertiary/aromatic N) is 1. The van der Waals surface area contributed by atoms with E-state index in [9.17, 15) is 21.9 Å². The topological polar surface area (TPSA) is 167 Å². The highest BCUT2D eigenvalue weighted by atomic mass is 32.2. The minimum atomic E-state index is -3.85. The van der Waals surface area contributed by atoms with Crippen molar-refractivity contribution < 1.29 is 40.9 Å². The molecule has 2 atom stereocenters. The molecule has 3 aromatic rings. The summed E-state index contributed by atoms with van der Waals surface area (Å²) in [5.41, 5.74) is 7.95. The summed E-state index contributed by atoms with van der Waals surface area (Å²) in [5.74, 6) is 0.223. The Morgan fingerprint density at radius 3 is 2.44 bits per heavy atom. The zero-order valence-electron chi connectivity index (χ0n) is 27.3. The maximum atomic E-state index is 14.0. The molecule has 2 saturated heterocycles. The van der Waals surface area contributed by atoms with Crippen molar-refractivity contribution in [3.05, 3.63) is 72.3 Å². The lowest BCUT2D eigenvalue weighted by Gasteiger charge is -2.38. The predicted molar refractivity (Wildman–Crippen MR) is 181 cm³/mol. The Kier molecular flexibility index (Phi) is 11.8. The fraction of sp³-hybridized carbons (Fsp3) is 0.471. The Morgan fingerprint density at radius 2 is 1.75 bits per heavy atom. The molecule has 0 bridgehead atoms. The molecular formula is C34H45N3O9S2. The zero-order valence-corrected chi connectivity index (χ0v) is 29.0. The first-order valence-electron chi connectivity index (χ1n) is 16.0. The van der Waals surface area contributed by atoms with E-state index in [0.29, 0.717) is 63.6 Å². The van der Waals surface area contributed by atoms with Crippen LogP contribution in [0.1, 0.15) is 31.7 Å². The van der Waals surface area contributed by atoms with Crippen LogP contribution in [0.4, 0.5) is 0 Å². The Labute approximate surface area is 283 Å². The first-order valence-corrected chi connectivity index (χ1v) is 19.1. The third-order valence-corrected chi connectivity index (χ3v) is 12.2. The van der Waals surface area contributed by atoms with E-state index >= 15 is 0 Å². The summed E-state index contributed by atoms with van der Waals surface area (Å²) in [4.78, 5) is 0.228. The van der Waals surface area contributed by atoms with Crippen molar-refractivity contribution in [2.75, 3.05) is 52.5 Å². The molecular weight excluding hydrogens is 659 g/mol.